The zero-order valence-electron chi connectivity index (χ0n) is 19.2. The number of nitrogens with zero attached hydrogens (tertiary/aromatic N) is 1. The molecule has 2 aliphatic rings. The minimum Gasteiger partial charge on any atom is -0.466 e. The summed E-state index contributed by atoms with van der Waals surface area (Å²) in [6.07, 6.45) is -0.133. The van der Waals surface area contributed by atoms with E-state index < -0.39 is 29.5 Å². The highest BCUT2D eigenvalue weighted by atomic mass is 35.5. The highest BCUT2D eigenvalue weighted by Gasteiger charge is 2.60. The van der Waals surface area contributed by atoms with Gasteiger partial charge in [-0.3, -0.25) is 4.79 Å². The Kier molecular flexibility index (Phi) is 6.50. The fourth-order valence-electron chi connectivity index (χ4n) is 5.12. The van der Waals surface area contributed by atoms with Crippen LogP contribution < -0.4 is 0 Å². The van der Waals surface area contributed by atoms with Crippen LogP contribution in [0.15, 0.2) is 65.9 Å². The first-order valence-electron chi connectivity index (χ1n) is 11.0. The second-order valence-electron chi connectivity index (χ2n) is 8.69. The van der Waals surface area contributed by atoms with Crippen molar-refractivity contribution in [3.63, 3.8) is 0 Å². The van der Waals surface area contributed by atoms with Gasteiger partial charge in [-0.05, 0) is 44.0 Å². The van der Waals surface area contributed by atoms with Crippen LogP contribution in [-0.4, -0.2) is 42.3 Å². The lowest BCUT2D eigenvalue weighted by molar-refractivity contribution is -0.179. The van der Waals surface area contributed by atoms with Gasteiger partial charge in [-0.2, -0.15) is 0 Å². The number of carbonyl (C=O) groups excluding carboxylic acids is 2. The molecule has 2 aliphatic heterocycles. The molecule has 0 amide bonds. The Morgan fingerprint density at radius 1 is 1.18 bits per heavy atom. The lowest BCUT2D eigenvalue weighted by Gasteiger charge is -2.48. The van der Waals surface area contributed by atoms with Gasteiger partial charge in [0.05, 0.1) is 18.8 Å². The fourth-order valence-corrected chi connectivity index (χ4v) is 5.32. The van der Waals surface area contributed by atoms with Gasteiger partial charge < -0.3 is 19.1 Å². The molecular weight excluding hydrogens is 442 g/mol. The van der Waals surface area contributed by atoms with Crippen molar-refractivity contribution in [1.29, 1.82) is 0 Å². The molecule has 0 N–H and O–H groups in total. The number of methoxy groups -OCH3 is 1. The van der Waals surface area contributed by atoms with Gasteiger partial charge in [-0.25, -0.2) is 4.79 Å². The van der Waals surface area contributed by atoms with Gasteiger partial charge in [0.1, 0.15) is 12.5 Å². The topological polar surface area (TPSA) is 65.1 Å². The third kappa shape index (κ3) is 4.25. The van der Waals surface area contributed by atoms with E-state index in [0.717, 1.165) is 16.8 Å². The van der Waals surface area contributed by atoms with E-state index in [1.54, 1.807) is 18.2 Å². The Morgan fingerprint density at radius 3 is 2.58 bits per heavy atom. The molecule has 1 fully saturated rings. The molecule has 0 bridgehead atoms. The van der Waals surface area contributed by atoms with Crippen molar-refractivity contribution < 1.29 is 23.8 Å². The average molecular weight is 470 g/mol. The Bertz CT molecular complexity index is 1090. The molecule has 2 aromatic carbocycles. The number of esters is 2. The second kappa shape index (κ2) is 9.20. The monoisotopic (exact) mass is 469 g/mol. The van der Waals surface area contributed by atoms with Crippen LogP contribution in [0.1, 0.15) is 37.8 Å². The summed E-state index contributed by atoms with van der Waals surface area (Å²) in [5.41, 5.74) is 1.75. The lowest BCUT2D eigenvalue weighted by Crippen LogP contribution is -2.57. The van der Waals surface area contributed by atoms with E-state index in [2.05, 4.69) is 0 Å². The molecule has 0 saturated carbocycles. The summed E-state index contributed by atoms with van der Waals surface area (Å²) in [4.78, 5) is 28.7. The molecule has 7 heteroatoms. The maximum atomic E-state index is 13.7. The van der Waals surface area contributed by atoms with Crippen LogP contribution in [-0.2, 0) is 30.4 Å². The van der Waals surface area contributed by atoms with Gasteiger partial charge in [0.2, 0.25) is 0 Å². The van der Waals surface area contributed by atoms with E-state index in [0.29, 0.717) is 17.1 Å². The summed E-state index contributed by atoms with van der Waals surface area (Å²) >= 11 is 6.31. The molecule has 6 nitrogen and oxygen atoms in total. The van der Waals surface area contributed by atoms with Crippen LogP contribution in [0.3, 0.4) is 0 Å². The van der Waals surface area contributed by atoms with Gasteiger partial charge in [0.15, 0.2) is 5.72 Å². The molecular formula is C26H28ClNO5. The predicted molar refractivity (Wildman–Crippen MR) is 124 cm³/mol. The summed E-state index contributed by atoms with van der Waals surface area (Å²) < 4.78 is 17.3. The number of benzene rings is 2. The quantitative estimate of drug-likeness (QED) is 0.592. The minimum atomic E-state index is -0.998. The summed E-state index contributed by atoms with van der Waals surface area (Å²) in [7, 11) is 1.34. The van der Waals surface area contributed by atoms with Crippen LogP contribution in [0, 0.1) is 5.92 Å². The molecule has 0 unspecified atom stereocenters. The second-order valence-corrected chi connectivity index (χ2v) is 9.12. The molecule has 2 heterocycles. The third-order valence-electron chi connectivity index (χ3n) is 6.52. The van der Waals surface area contributed by atoms with Crippen molar-refractivity contribution in [3.8, 4) is 0 Å². The number of ether oxygens (including phenoxy) is 3. The Morgan fingerprint density at radius 2 is 1.91 bits per heavy atom. The number of fused-ring (bicyclic) bond motifs is 1. The number of carbonyl (C=O) groups is 2. The first-order chi connectivity index (χ1) is 15.8. The Labute approximate surface area is 199 Å². The normalized spacial score (nSPS) is 26.7. The SMILES string of the molecule is COC(=O)C1=C(C)N2C[C@H](C)O[C@@]2(C)[C@@H](C(=O)OCc2ccccc2)[C@@H]1c1cccc(Cl)c1. The van der Waals surface area contributed by atoms with E-state index >= 15 is 0 Å². The molecule has 4 rings (SSSR count). The number of rotatable bonds is 5. The van der Waals surface area contributed by atoms with Crippen LogP contribution >= 0.6 is 11.6 Å². The molecule has 174 valence electrons. The largest absolute Gasteiger partial charge is 0.466 e. The molecule has 0 spiro atoms. The van der Waals surface area contributed by atoms with E-state index in [9.17, 15) is 9.59 Å². The van der Waals surface area contributed by atoms with Crippen molar-refractivity contribution in [2.45, 2.75) is 45.1 Å². The van der Waals surface area contributed by atoms with Crippen molar-refractivity contribution in [2.75, 3.05) is 13.7 Å². The number of allylic oxidation sites excluding steroid dienone is 1. The van der Waals surface area contributed by atoms with E-state index in [4.69, 9.17) is 25.8 Å². The average Bonchev–Trinajstić information content (AvgIpc) is 3.12. The summed E-state index contributed by atoms with van der Waals surface area (Å²) in [6.45, 7) is 6.39. The molecule has 0 aliphatic carbocycles. The maximum Gasteiger partial charge on any atom is 0.336 e. The Balaban J connectivity index is 1.83. The standard InChI is InChI=1S/C26H28ClNO5/c1-16-14-28-17(2)21(24(29)31-4)22(19-11-8-12-20(27)13-19)23(26(28,3)33-16)25(30)32-15-18-9-6-5-7-10-18/h5-13,16,22-23H,14-15H2,1-4H3/t16-,22+,23+,26-/m0/s1. The molecule has 2 aromatic rings. The predicted octanol–water partition coefficient (Wildman–Crippen LogP) is 4.68. The van der Waals surface area contributed by atoms with Gasteiger partial charge >= 0.3 is 11.9 Å². The smallest absolute Gasteiger partial charge is 0.336 e. The van der Waals surface area contributed by atoms with Crippen molar-refractivity contribution in [2.24, 2.45) is 5.92 Å². The van der Waals surface area contributed by atoms with Crippen LogP contribution in [0.5, 0.6) is 0 Å². The van der Waals surface area contributed by atoms with Gasteiger partial charge in [0.25, 0.3) is 0 Å². The van der Waals surface area contributed by atoms with Gasteiger partial charge in [0, 0.05) is 23.2 Å². The molecule has 1 saturated heterocycles. The van der Waals surface area contributed by atoms with Crippen molar-refractivity contribution >= 4 is 23.5 Å². The van der Waals surface area contributed by atoms with Crippen molar-refractivity contribution in [3.05, 3.63) is 82.0 Å². The number of hydrogen-bond donors (Lipinski definition) is 0. The fraction of sp³-hybridized carbons (Fsp3) is 0.385. The van der Waals surface area contributed by atoms with Crippen LogP contribution in [0.4, 0.5) is 0 Å². The summed E-state index contributed by atoms with van der Waals surface area (Å²) in [5.74, 6) is -2.40. The van der Waals surface area contributed by atoms with Gasteiger partial charge in [-0.15, -0.1) is 0 Å². The summed E-state index contributed by atoms with van der Waals surface area (Å²) in [5, 5.41) is 0.513. The Hall–Kier alpha value is -2.83. The zero-order chi connectivity index (χ0) is 23.8. The zero-order valence-corrected chi connectivity index (χ0v) is 20.0. The molecule has 0 aromatic heterocycles. The lowest BCUT2D eigenvalue weighted by atomic mass is 9.71. The highest BCUT2D eigenvalue weighted by Crippen LogP contribution is 2.52. The highest BCUT2D eigenvalue weighted by molar-refractivity contribution is 6.30. The minimum absolute atomic E-state index is 0.125. The first-order valence-corrected chi connectivity index (χ1v) is 11.3. The van der Waals surface area contributed by atoms with Gasteiger partial charge in [-0.1, -0.05) is 54.1 Å². The molecule has 33 heavy (non-hydrogen) atoms. The third-order valence-corrected chi connectivity index (χ3v) is 6.76. The first kappa shape index (κ1) is 23.3. The van der Waals surface area contributed by atoms with Crippen LogP contribution in [0.25, 0.3) is 0 Å². The number of halogens is 1. The summed E-state index contributed by atoms with van der Waals surface area (Å²) in [6, 6.07) is 16.7. The maximum absolute atomic E-state index is 13.7. The number of hydrogen-bond acceptors (Lipinski definition) is 6. The van der Waals surface area contributed by atoms with E-state index in [-0.39, 0.29) is 12.7 Å². The van der Waals surface area contributed by atoms with E-state index in [1.807, 2.05) is 62.1 Å². The van der Waals surface area contributed by atoms with E-state index in [1.165, 1.54) is 7.11 Å². The van der Waals surface area contributed by atoms with Crippen LogP contribution in [0.2, 0.25) is 5.02 Å². The molecule has 4 atom stereocenters. The van der Waals surface area contributed by atoms with Crippen molar-refractivity contribution in [1.82, 2.24) is 4.90 Å². The molecule has 0 radical (unpaired) electrons.